The van der Waals surface area contributed by atoms with Crippen LogP contribution in [0.4, 0.5) is 24.5 Å². The highest BCUT2D eigenvalue weighted by Gasteiger charge is 2.37. The Morgan fingerprint density at radius 1 is 1.08 bits per heavy atom. The van der Waals surface area contributed by atoms with Crippen LogP contribution >= 0.6 is 0 Å². The Labute approximate surface area is 148 Å². The highest BCUT2D eigenvalue weighted by molar-refractivity contribution is 6.03. The summed E-state index contributed by atoms with van der Waals surface area (Å²) in [5.41, 5.74) is 2.33. The van der Waals surface area contributed by atoms with Crippen LogP contribution in [0.1, 0.15) is 17.5 Å². The first-order valence-electron chi connectivity index (χ1n) is 8.10. The second-order valence-corrected chi connectivity index (χ2v) is 6.39. The van der Waals surface area contributed by atoms with E-state index in [9.17, 15) is 22.8 Å². The Hall–Kier alpha value is -2.83. The lowest BCUT2D eigenvalue weighted by atomic mass is 10.1. The van der Waals surface area contributed by atoms with Gasteiger partial charge in [0.2, 0.25) is 11.8 Å². The van der Waals surface area contributed by atoms with Gasteiger partial charge in [0.05, 0.1) is 11.6 Å². The van der Waals surface area contributed by atoms with Crippen LogP contribution in [0.2, 0.25) is 0 Å². The molecule has 26 heavy (non-hydrogen) atoms. The van der Waals surface area contributed by atoms with Crippen molar-refractivity contribution < 1.29 is 22.8 Å². The van der Waals surface area contributed by atoms with Gasteiger partial charge >= 0.3 is 0 Å². The van der Waals surface area contributed by atoms with Crippen molar-refractivity contribution >= 4 is 23.2 Å². The second-order valence-electron chi connectivity index (χ2n) is 6.39. The van der Waals surface area contributed by atoms with Crippen LogP contribution < -0.4 is 10.2 Å². The van der Waals surface area contributed by atoms with E-state index in [1.165, 1.54) is 0 Å². The number of halogens is 3. The van der Waals surface area contributed by atoms with Crippen molar-refractivity contribution in [3.8, 4) is 0 Å². The van der Waals surface area contributed by atoms with Crippen LogP contribution in [-0.4, -0.2) is 18.4 Å². The molecule has 4 nitrogen and oxygen atoms in total. The van der Waals surface area contributed by atoms with Crippen molar-refractivity contribution in [1.29, 1.82) is 0 Å². The maximum Gasteiger partial charge on any atom is 0.229 e. The number of carbonyl (C=O) groups excluding carboxylic acids is 2. The molecule has 3 rings (SSSR count). The first-order chi connectivity index (χ1) is 12.3. The maximum absolute atomic E-state index is 13.9. The van der Waals surface area contributed by atoms with E-state index in [2.05, 4.69) is 5.32 Å². The number of hydrogen-bond acceptors (Lipinski definition) is 2. The third-order valence-electron chi connectivity index (χ3n) is 4.58. The molecular formula is C19H17F3N2O2. The first-order valence-corrected chi connectivity index (χ1v) is 8.10. The molecule has 1 aliphatic heterocycles. The summed E-state index contributed by atoms with van der Waals surface area (Å²) in [5.74, 6) is -6.02. The molecule has 1 aliphatic rings. The zero-order valence-electron chi connectivity index (χ0n) is 14.3. The van der Waals surface area contributed by atoms with Crippen molar-refractivity contribution in [1.82, 2.24) is 0 Å². The molecule has 0 bridgehead atoms. The van der Waals surface area contributed by atoms with Crippen LogP contribution in [0.3, 0.4) is 0 Å². The summed E-state index contributed by atoms with van der Waals surface area (Å²) < 4.78 is 40.4. The standard InChI is InChI=1S/C19H17F3N2O2/c1-10-3-4-13(7-11(10)2)23-19(26)12-8-16(25)24(9-12)15-6-5-14(20)17(21)18(15)22/h3-7,12H,8-9H2,1-2H3,(H,23,26). The molecule has 1 unspecified atom stereocenters. The lowest BCUT2D eigenvalue weighted by Gasteiger charge is -2.18. The van der Waals surface area contributed by atoms with E-state index in [4.69, 9.17) is 0 Å². The summed E-state index contributed by atoms with van der Waals surface area (Å²) in [5, 5.41) is 2.73. The van der Waals surface area contributed by atoms with Crippen molar-refractivity contribution in [2.75, 3.05) is 16.8 Å². The molecule has 0 aliphatic carbocycles. The summed E-state index contributed by atoms with van der Waals surface area (Å²) in [4.78, 5) is 25.5. The van der Waals surface area contributed by atoms with Crippen LogP contribution in [0.5, 0.6) is 0 Å². The number of nitrogens with zero attached hydrogens (tertiary/aromatic N) is 1. The van der Waals surface area contributed by atoms with Gasteiger partial charge in [-0.15, -0.1) is 0 Å². The van der Waals surface area contributed by atoms with Gasteiger partial charge in [0.15, 0.2) is 17.5 Å². The molecule has 2 aromatic rings. The molecule has 0 spiro atoms. The van der Waals surface area contributed by atoms with E-state index >= 15 is 0 Å². The van der Waals surface area contributed by atoms with Gasteiger partial charge in [-0.25, -0.2) is 13.2 Å². The quantitative estimate of drug-likeness (QED) is 0.847. The monoisotopic (exact) mass is 362 g/mol. The number of rotatable bonds is 3. The Kier molecular flexibility index (Phi) is 4.71. The topological polar surface area (TPSA) is 49.4 Å². The molecule has 0 aromatic heterocycles. The fraction of sp³-hybridized carbons (Fsp3) is 0.263. The molecule has 2 aromatic carbocycles. The Balaban J connectivity index is 1.76. The molecule has 0 saturated carbocycles. The minimum atomic E-state index is -1.64. The average molecular weight is 362 g/mol. The van der Waals surface area contributed by atoms with Crippen molar-refractivity contribution in [3.05, 3.63) is 58.9 Å². The number of carbonyl (C=O) groups is 2. The number of benzene rings is 2. The van der Waals surface area contributed by atoms with E-state index in [1.54, 1.807) is 6.07 Å². The molecule has 2 amide bonds. The third-order valence-corrected chi connectivity index (χ3v) is 4.58. The van der Waals surface area contributed by atoms with E-state index in [0.29, 0.717) is 5.69 Å². The van der Waals surface area contributed by atoms with Gasteiger partial charge < -0.3 is 10.2 Å². The summed E-state index contributed by atoms with van der Waals surface area (Å²) in [6.45, 7) is 3.76. The molecule has 1 saturated heterocycles. The molecular weight excluding hydrogens is 345 g/mol. The maximum atomic E-state index is 13.9. The van der Waals surface area contributed by atoms with Crippen LogP contribution in [-0.2, 0) is 9.59 Å². The smallest absolute Gasteiger partial charge is 0.229 e. The zero-order valence-corrected chi connectivity index (χ0v) is 14.3. The number of aryl methyl sites for hydroxylation is 2. The molecule has 1 atom stereocenters. The SMILES string of the molecule is Cc1ccc(NC(=O)C2CC(=O)N(c3ccc(F)c(F)c3F)C2)cc1C. The van der Waals surface area contributed by atoms with E-state index in [1.807, 2.05) is 26.0 Å². The van der Waals surface area contributed by atoms with Gasteiger partial charge in [-0.1, -0.05) is 6.07 Å². The molecule has 0 radical (unpaired) electrons. The van der Waals surface area contributed by atoms with Gasteiger partial charge in [-0.05, 0) is 49.2 Å². The second kappa shape index (κ2) is 6.82. The van der Waals surface area contributed by atoms with Gasteiger partial charge in [-0.2, -0.15) is 0 Å². The highest BCUT2D eigenvalue weighted by atomic mass is 19.2. The van der Waals surface area contributed by atoms with Gasteiger partial charge in [-0.3, -0.25) is 9.59 Å². The fourth-order valence-corrected chi connectivity index (χ4v) is 2.90. The number of hydrogen-bond donors (Lipinski definition) is 1. The summed E-state index contributed by atoms with van der Waals surface area (Å²) in [6, 6.07) is 7.19. The Bertz CT molecular complexity index is 899. The van der Waals surface area contributed by atoms with E-state index in [0.717, 1.165) is 28.2 Å². The average Bonchev–Trinajstić information content (AvgIpc) is 2.98. The number of anilines is 2. The lowest BCUT2D eigenvalue weighted by molar-refractivity contribution is -0.122. The lowest BCUT2D eigenvalue weighted by Crippen LogP contribution is -2.29. The van der Waals surface area contributed by atoms with Gasteiger partial charge in [0.25, 0.3) is 0 Å². The zero-order chi connectivity index (χ0) is 19.0. The van der Waals surface area contributed by atoms with Crippen molar-refractivity contribution in [2.45, 2.75) is 20.3 Å². The van der Waals surface area contributed by atoms with Crippen LogP contribution in [0, 0.1) is 37.2 Å². The molecule has 1 N–H and O–H groups in total. The number of nitrogens with one attached hydrogen (secondary N) is 1. The van der Waals surface area contributed by atoms with Crippen LogP contribution in [0.15, 0.2) is 30.3 Å². The van der Waals surface area contributed by atoms with Gasteiger partial charge in [0, 0.05) is 18.7 Å². The third kappa shape index (κ3) is 3.29. The van der Waals surface area contributed by atoms with E-state index in [-0.39, 0.29) is 24.6 Å². The number of amides is 2. The van der Waals surface area contributed by atoms with Crippen LogP contribution in [0.25, 0.3) is 0 Å². The molecule has 1 heterocycles. The van der Waals surface area contributed by atoms with Gasteiger partial charge in [0.1, 0.15) is 0 Å². The first kappa shape index (κ1) is 18.0. The van der Waals surface area contributed by atoms with Crippen molar-refractivity contribution in [3.63, 3.8) is 0 Å². The molecule has 7 heteroatoms. The summed E-state index contributed by atoms with van der Waals surface area (Å²) in [6.07, 6.45) is -0.130. The van der Waals surface area contributed by atoms with Crippen molar-refractivity contribution in [2.24, 2.45) is 5.92 Å². The Morgan fingerprint density at radius 3 is 2.50 bits per heavy atom. The highest BCUT2D eigenvalue weighted by Crippen LogP contribution is 2.30. The minimum Gasteiger partial charge on any atom is -0.326 e. The predicted molar refractivity (Wildman–Crippen MR) is 91.3 cm³/mol. The predicted octanol–water partition coefficient (Wildman–Crippen LogP) is 3.71. The minimum absolute atomic E-state index is 0.0997. The molecule has 136 valence electrons. The molecule has 1 fully saturated rings. The summed E-state index contributed by atoms with van der Waals surface area (Å²) >= 11 is 0. The van der Waals surface area contributed by atoms with E-state index < -0.39 is 29.3 Å². The summed E-state index contributed by atoms with van der Waals surface area (Å²) in [7, 11) is 0. The Morgan fingerprint density at radius 2 is 1.81 bits per heavy atom. The normalized spacial score (nSPS) is 16.9. The largest absolute Gasteiger partial charge is 0.326 e. The fourth-order valence-electron chi connectivity index (χ4n) is 2.90.